The summed E-state index contributed by atoms with van der Waals surface area (Å²) in [6.45, 7) is 3.20. The van der Waals surface area contributed by atoms with Crippen molar-refractivity contribution < 1.29 is 18.0 Å². The summed E-state index contributed by atoms with van der Waals surface area (Å²) in [5.41, 5.74) is -0.912. The van der Waals surface area contributed by atoms with Crippen molar-refractivity contribution in [1.82, 2.24) is 0 Å². The van der Waals surface area contributed by atoms with Crippen LogP contribution in [0.25, 0.3) is 0 Å². The van der Waals surface area contributed by atoms with E-state index in [0.29, 0.717) is 11.3 Å². The highest BCUT2D eigenvalue weighted by atomic mass is 32.2. The number of thioether (sulfide) groups is 1. The molecule has 88 valence electrons. The zero-order chi connectivity index (χ0) is 12.6. The van der Waals surface area contributed by atoms with E-state index in [1.54, 1.807) is 13.8 Å². The van der Waals surface area contributed by atoms with Crippen LogP contribution in [0.2, 0.25) is 0 Å². The van der Waals surface area contributed by atoms with E-state index < -0.39 is 17.4 Å². The molecular weight excluding hydrogens is 239 g/mol. The van der Waals surface area contributed by atoms with Gasteiger partial charge in [0.15, 0.2) is 0 Å². The number of hydrogen-bond acceptors (Lipinski definition) is 3. The van der Waals surface area contributed by atoms with Gasteiger partial charge in [0.05, 0.1) is 11.8 Å². The predicted octanol–water partition coefficient (Wildman–Crippen LogP) is 3.06. The van der Waals surface area contributed by atoms with Crippen molar-refractivity contribution in [1.29, 1.82) is 5.26 Å². The summed E-state index contributed by atoms with van der Waals surface area (Å²) in [5.74, 6) is -1.70. The third kappa shape index (κ3) is 2.40. The number of allylic oxidation sites excluding steroid dienone is 2. The summed E-state index contributed by atoms with van der Waals surface area (Å²) in [4.78, 5) is 11.6. The van der Waals surface area contributed by atoms with Crippen molar-refractivity contribution in [3.63, 3.8) is 0 Å². The molecule has 0 aromatic carbocycles. The van der Waals surface area contributed by atoms with Crippen molar-refractivity contribution in [3.05, 3.63) is 10.5 Å². The maximum absolute atomic E-state index is 12.3. The lowest BCUT2D eigenvalue weighted by molar-refractivity contribution is -0.168. The lowest BCUT2D eigenvalue weighted by Gasteiger charge is -2.39. The second-order valence-corrected chi connectivity index (χ2v) is 5.20. The molecule has 6 heteroatoms. The topological polar surface area (TPSA) is 40.9 Å². The van der Waals surface area contributed by atoms with Gasteiger partial charge in [-0.25, -0.2) is 0 Å². The number of ketones is 1. The first kappa shape index (κ1) is 13.1. The molecule has 0 atom stereocenters. The fraction of sp³-hybridized carbons (Fsp3) is 0.600. The highest BCUT2D eigenvalue weighted by Gasteiger charge is 2.50. The minimum absolute atomic E-state index is 0.0695. The summed E-state index contributed by atoms with van der Waals surface area (Å²) in [7, 11) is 0. The first-order valence-electron chi connectivity index (χ1n) is 4.55. The van der Waals surface area contributed by atoms with Gasteiger partial charge in [-0.3, -0.25) is 4.79 Å². The Kier molecular flexibility index (Phi) is 3.38. The standard InChI is InChI=1S/C10H10F3NOS/c1-9(2)5-6(16-4-3-14)7(9)8(15)10(11,12)13/h4-5H2,1-2H3. The number of Topliss-reactive ketones (excluding diaryl/α,β-unsaturated/α-hetero) is 1. The van der Waals surface area contributed by atoms with Crippen LogP contribution in [0, 0.1) is 16.7 Å². The van der Waals surface area contributed by atoms with Gasteiger partial charge >= 0.3 is 6.18 Å². The van der Waals surface area contributed by atoms with Crippen molar-refractivity contribution >= 4 is 17.5 Å². The smallest absolute Gasteiger partial charge is 0.284 e. The first-order chi connectivity index (χ1) is 7.20. The highest BCUT2D eigenvalue weighted by molar-refractivity contribution is 8.03. The zero-order valence-electron chi connectivity index (χ0n) is 8.81. The van der Waals surface area contributed by atoms with Crippen LogP contribution in [0.3, 0.4) is 0 Å². The van der Waals surface area contributed by atoms with Crippen molar-refractivity contribution in [2.45, 2.75) is 26.4 Å². The summed E-state index contributed by atoms with van der Waals surface area (Å²) in [6.07, 6.45) is -4.40. The van der Waals surface area contributed by atoms with Crippen LogP contribution in [0.15, 0.2) is 10.5 Å². The Morgan fingerprint density at radius 2 is 2.12 bits per heavy atom. The minimum Gasteiger partial charge on any atom is -0.284 e. The summed E-state index contributed by atoms with van der Waals surface area (Å²) in [6, 6.07) is 1.83. The third-order valence-electron chi connectivity index (χ3n) is 2.35. The van der Waals surface area contributed by atoms with Crippen LogP contribution in [-0.4, -0.2) is 17.7 Å². The predicted molar refractivity (Wildman–Crippen MR) is 54.6 cm³/mol. The Labute approximate surface area is 95.5 Å². The Morgan fingerprint density at radius 1 is 1.56 bits per heavy atom. The van der Waals surface area contributed by atoms with E-state index in [1.165, 1.54) is 0 Å². The third-order valence-corrected chi connectivity index (χ3v) is 3.32. The highest BCUT2D eigenvalue weighted by Crippen LogP contribution is 2.52. The molecule has 0 bridgehead atoms. The minimum atomic E-state index is -4.83. The molecule has 2 nitrogen and oxygen atoms in total. The van der Waals surface area contributed by atoms with Crippen LogP contribution in [-0.2, 0) is 4.79 Å². The molecule has 0 aromatic rings. The number of alkyl halides is 3. The van der Waals surface area contributed by atoms with Crippen molar-refractivity contribution in [2.24, 2.45) is 5.41 Å². The number of halogens is 3. The summed E-state index contributed by atoms with van der Waals surface area (Å²) < 4.78 is 36.9. The SMILES string of the molecule is CC1(C)CC(SCC#N)=C1C(=O)C(F)(F)F. The molecule has 0 radical (unpaired) electrons. The van der Waals surface area contributed by atoms with Crippen LogP contribution in [0.4, 0.5) is 13.2 Å². The fourth-order valence-corrected chi connectivity index (χ4v) is 2.88. The molecule has 0 N–H and O–H groups in total. The van der Waals surface area contributed by atoms with Gasteiger partial charge in [-0.15, -0.1) is 11.8 Å². The number of carbonyl (C=O) groups is 1. The van der Waals surface area contributed by atoms with Gasteiger partial charge in [0.1, 0.15) is 0 Å². The van der Waals surface area contributed by atoms with Gasteiger partial charge in [-0.05, 0) is 16.7 Å². The zero-order valence-corrected chi connectivity index (χ0v) is 9.63. The largest absolute Gasteiger partial charge is 0.454 e. The maximum atomic E-state index is 12.3. The fourth-order valence-electron chi connectivity index (χ4n) is 1.67. The van der Waals surface area contributed by atoms with E-state index in [-0.39, 0.29) is 11.3 Å². The van der Waals surface area contributed by atoms with Crippen LogP contribution < -0.4 is 0 Å². The molecule has 0 aliphatic heterocycles. The molecular formula is C10H10F3NOS. The van der Waals surface area contributed by atoms with Gasteiger partial charge < -0.3 is 0 Å². The normalized spacial score (nSPS) is 19.0. The Balaban J connectivity index is 2.97. The lowest BCUT2D eigenvalue weighted by atomic mass is 9.69. The van der Waals surface area contributed by atoms with Gasteiger partial charge in [-0.1, -0.05) is 13.8 Å². The second kappa shape index (κ2) is 4.13. The average molecular weight is 249 g/mol. The molecule has 0 unspecified atom stereocenters. The van der Waals surface area contributed by atoms with E-state index >= 15 is 0 Å². The van der Waals surface area contributed by atoms with Gasteiger partial charge in [-0.2, -0.15) is 18.4 Å². The number of hydrogen-bond donors (Lipinski definition) is 0. The lowest BCUT2D eigenvalue weighted by Crippen LogP contribution is -2.38. The van der Waals surface area contributed by atoms with Gasteiger partial charge in [0.2, 0.25) is 0 Å². The molecule has 1 aliphatic rings. The Morgan fingerprint density at radius 3 is 2.50 bits per heavy atom. The van der Waals surface area contributed by atoms with Crippen LogP contribution >= 0.6 is 11.8 Å². The van der Waals surface area contributed by atoms with Crippen LogP contribution in [0.1, 0.15) is 20.3 Å². The van der Waals surface area contributed by atoms with E-state index in [2.05, 4.69) is 0 Å². The van der Waals surface area contributed by atoms with E-state index in [9.17, 15) is 18.0 Å². The molecule has 1 rings (SSSR count). The van der Waals surface area contributed by atoms with E-state index in [0.717, 1.165) is 11.8 Å². The molecule has 1 aliphatic carbocycles. The number of nitrogens with zero attached hydrogens (tertiary/aromatic N) is 1. The number of rotatable bonds is 3. The van der Waals surface area contributed by atoms with Gasteiger partial charge in [0.25, 0.3) is 5.78 Å². The number of carbonyl (C=O) groups excluding carboxylic acids is 1. The summed E-state index contributed by atoms with van der Waals surface area (Å²) in [5, 5.41) is 8.35. The molecule has 0 aromatic heterocycles. The second-order valence-electron chi connectivity index (χ2n) is 4.13. The van der Waals surface area contributed by atoms with Gasteiger partial charge in [0, 0.05) is 5.57 Å². The molecule has 0 heterocycles. The first-order valence-corrected chi connectivity index (χ1v) is 5.53. The molecule has 0 amide bonds. The maximum Gasteiger partial charge on any atom is 0.454 e. The van der Waals surface area contributed by atoms with Crippen molar-refractivity contribution in [2.75, 3.05) is 5.75 Å². The molecule has 0 saturated carbocycles. The molecule has 0 saturated heterocycles. The van der Waals surface area contributed by atoms with Crippen molar-refractivity contribution in [3.8, 4) is 6.07 Å². The summed E-state index contributed by atoms with van der Waals surface area (Å²) >= 11 is 1.02. The molecule has 16 heavy (non-hydrogen) atoms. The van der Waals surface area contributed by atoms with E-state index in [1.807, 2.05) is 6.07 Å². The number of nitriles is 1. The van der Waals surface area contributed by atoms with E-state index in [4.69, 9.17) is 5.26 Å². The Bertz CT molecular complexity index is 390. The molecule has 0 fully saturated rings. The molecule has 0 spiro atoms. The quantitative estimate of drug-likeness (QED) is 0.771. The van der Waals surface area contributed by atoms with Crippen LogP contribution in [0.5, 0.6) is 0 Å². The monoisotopic (exact) mass is 249 g/mol. The Hall–Kier alpha value is -0.960. The average Bonchev–Trinajstić information content (AvgIpc) is 2.10.